The van der Waals surface area contributed by atoms with Crippen molar-refractivity contribution in [3.63, 3.8) is 0 Å². The van der Waals surface area contributed by atoms with Crippen LogP contribution in [0.5, 0.6) is 0 Å². The molecule has 2 heterocycles. The minimum absolute atomic E-state index is 0.145. The number of carbonyl (C=O) groups is 1. The van der Waals surface area contributed by atoms with E-state index in [4.69, 9.17) is 10.7 Å². The number of amides is 1. The Kier molecular flexibility index (Phi) is 6.55. The zero-order valence-electron chi connectivity index (χ0n) is 19.3. The Balaban J connectivity index is 1.42. The second-order valence-corrected chi connectivity index (χ2v) is 8.36. The van der Waals surface area contributed by atoms with Gasteiger partial charge in [0.15, 0.2) is 0 Å². The van der Waals surface area contributed by atoms with E-state index in [9.17, 15) is 4.79 Å². The summed E-state index contributed by atoms with van der Waals surface area (Å²) in [6, 6.07) is 31.9. The van der Waals surface area contributed by atoms with Crippen LogP contribution in [0.2, 0.25) is 0 Å². The highest BCUT2D eigenvalue weighted by Gasteiger charge is 2.16. The maximum Gasteiger partial charge on any atom is 0.251 e. The Bertz CT molecular complexity index is 1440. The number of fused-ring (bicyclic) bond motifs is 1. The van der Waals surface area contributed by atoms with Gasteiger partial charge >= 0.3 is 0 Å². The molecule has 174 valence electrons. The lowest BCUT2D eigenvalue weighted by Crippen LogP contribution is -2.23. The highest BCUT2D eigenvalue weighted by Crippen LogP contribution is 2.29. The summed E-state index contributed by atoms with van der Waals surface area (Å²) in [5.74, 6) is 0.745. The largest absolute Gasteiger partial charge is 0.365 e. The highest BCUT2D eigenvalue weighted by molar-refractivity contribution is 5.95. The van der Waals surface area contributed by atoms with Gasteiger partial charge in [-0.25, -0.2) is 4.98 Å². The van der Waals surface area contributed by atoms with Gasteiger partial charge in [0.1, 0.15) is 17.2 Å². The maximum atomic E-state index is 12.9. The maximum absolute atomic E-state index is 12.9. The van der Waals surface area contributed by atoms with E-state index in [0.717, 1.165) is 28.2 Å². The molecule has 4 N–H and O–H groups in total. The monoisotopic (exact) mass is 461 g/mol. The van der Waals surface area contributed by atoms with Gasteiger partial charge in [-0.15, -0.1) is 0 Å². The first kappa shape index (κ1) is 22.4. The molecular formula is C29H27N5O. The van der Waals surface area contributed by atoms with Crippen molar-refractivity contribution in [3.05, 3.63) is 126 Å². The number of hydrogen-bond donors (Lipinski definition) is 3. The first-order chi connectivity index (χ1) is 17.2. The lowest BCUT2D eigenvalue weighted by Gasteiger charge is -2.10. The summed E-state index contributed by atoms with van der Waals surface area (Å²) in [5, 5.41) is 6.55. The molecule has 1 amide bonds. The van der Waals surface area contributed by atoms with Crippen molar-refractivity contribution in [2.75, 3.05) is 5.32 Å². The normalized spacial score (nSPS) is 10.9. The van der Waals surface area contributed by atoms with E-state index >= 15 is 0 Å². The summed E-state index contributed by atoms with van der Waals surface area (Å²) < 4.78 is 1.99. The molecule has 0 aliphatic heterocycles. The molecule has 0 saturated heterocycles. The number of aromatic nitrogens is 2. The van der Waals surface area contributed by atoms with Gasteiger partial charge in [0.25, 0.3) is 5.91 Å². The molecule has 0 spiro atoms. The van der Waals surface area contributed by atoms with Crippen LogP contribution in [0.4, 0.5) is 5.82 Å². The average molecular weight is 462 g/mol. The van der Waals surface area contributed by atoms with E-state index in [1.54, 1.807) is 0 Å². The first-order valence-corrected chi connectivity index (χ1v) is 11.6. The van der Waals surface area contributed by atoms with E-state index in [-0.39, 0.29) is 5.91 Å². The second-order valence-electron chi connectivity index (χ2n) is 8.36. The third-order valence-electron chi connectivity index (χ3n) is 5.92. The van der Waals surface area contributed by atoms with Crippen LogP contribution in [-0.4, -0.2) is 15.3 Å². The van der Waals surface area contributed by atoms with E-state index in [1.807, 2.05) is 95.5 Å². The predicted molar refractivity (Wildman–Crippen MR) is 140 cm³/mol. The Morgan fingerprint density at radius 2 is 1.51 bits per heavy atom. The van der Waals surface area contributed by atoms with Gasteiger partial charge in [-0.05, 0) is 28.8 Å². The number of carbonyl (C=O) groups excluding carboxylic acids is 1. The fourth-order valence-electron chi connectivity index (χ4n) is 4.08. The quantitative estimate of drug-likeness (QED) is 0.304. The third kappa shape index (κ3) is 5.08. The van der Waals surface area contributed by atoms with E-state index in [1.165, 1.54) is 5.56 Å². The van der Waals surface area contributed by atoms with Gasteiger partial charge in [-0.1, -0.05) is 84.9 Å². The summed E-state index contributed by atoms with van der Waals surface area (Å²) in [6.07, 6.45) is 1.89. The van der Waals surface area contributed by atoms with Gasteiger partial charge in [0.05, 0.1) is 0 Å². The molecule has 5 rings (SSSR count). The number of pyridine rings is 1. The smallest absolute Gasteiger partial charge is 0.251 e. The van der Waals surface area contributed by atoms with Crippen LogP contribution in [0.25, 0.3) is 16.9 Å². The lowest BCUT2D eigenvalue weighted by molar-refractivity contribution is 0.0951. The van der Waals surface area contributed by atoms with Crippen LogP contribution in [0.15, 0.2) is 103 Å². The lowest BCUT2D eigenvalue weighted by atomic mass is 10.1. The third-order valence-corrected chi connectivity index (χ3v) is 5.92. The Morgan fingerprint density at radius 1 is 0.800 bits per heavy atom. The molecule has 0 aliphatic carbocycles. The minimum Gasteiger partial charge on any atom is -0.365 e. The molecule has 0 unspecified atom stereocenters. The van der Waals surface area contributed by atoms with Gasteiger partial charge in [-0.3, -0.25) is 9.20 Å². The van der Waals surface area contributed by atoms with Gasteiger partial charge in [-0.2, -0.15) is 0 Å². The Labute approximate surface area is 204 Å². The van der Waals surface area contributed by atoms with Gasteiger partial charge < -0.3 is 16.4 Å². The molecule has 35 heavy (non-hydrogen) atoms. The molecule has 6 nitrogen and oxygen atoms in total. The molecule has 0 atom stereocenters. The zero-order chi connectivity index (χ0) is 24.0. The van der Waals surface area contributed by atoms with Crippen molar-refractivity contribution < 1.29 is 4.79 Å². The second kappa shape index (κ2) is 10.2. The van der Waals surface area contributed by atoms with Crippen LogP contribution < -0.4 is 16.4 Å². The topological polar surface area (TPSA) is 84.5 Å². The number of rotatable bonds is 8. The van der Waals surface area contributed by atoms with E-state index < -0.39 is 0 Å². The number of imidazole rings is 1. The van der Waals surface area contributed by atoms with Crippen LogP contribution in [0, 0.1) is 0 Å². The average Bonchev–Trinajstić information content (AvgIpc) is 3.29. The van der Waals surface area contributed by atoms with Crippen molar-refractivity contribution in [1.82, 2.24) is 14.7 Å². The van der Waals surface area contributed by atoms with Crippen LogP contribution in [-0.2, 0) is 19.6 Å². The fraction of sp³-hybridized carbons (Fsp3) is 0.103. The molecule has 0 radical (unpaired) electrons. The number of nitrogens with zero attached hydrogens (tertiary/aromatic N) is 2. The molecular weight excluding hydrogens is 434 g/mol. The van der Waals surface area contributed by atoms with Gasteiger partial charge in [0.2, 0.25) is 0 Å². The standard InChI is InChI=1S/C29H27N5O/c30-18-22-10-7-11-23(16-22)20-32-29(35)25-14-15-34-26(17-25)33-27(24-12-5-2-6-13-24)28(34)31-19-21-8-3-1-4-9-21/h1-17,31H,18-20,30H2,(H,32,35). The number of nitrogens with one attached hydrogen (secondary N) is 2. The van der Waals surface area contributed by atoms with Crippen molar-refractivity contribution in [2.45, 2.75) is 19.6 Å². The Hall–Kier alpha value is -4.42. The highest BCUT2D eigenvalue weighted by atomic mass is 16.1. The van der Waals surface area contributed by atoms with Crippen molar-refractivity contribution >= 4 is 17.4 Å². The summed E-state index contributed by atoms with van der Waals surface area (Å²) in [7, 11) is 0. The van der Waals surface area contributed by atoms with E-state index in [2.05, 4.69) is 22.8 Å². The van der Waals surface area contributed by atoms with Crippen LogP contribution in [0.1, 0.15) is 27.0 Å². The fourth-order valence-corrected chi connectivity index (χ4v) is 4.08. The van der Waals surface area contributed by atoms with Gasteiger partial charge in [0, 0.05) is 37.0 Å². The van der Waals surface area contributed by atoms with Crippen LogP contribution in [0.3, 0.4) is 0 Å². The Morgan fingerprint density at radius 3 is 2.29 bits per heavy atom. The molecule has 6 heteroatoms. The van der Waals surface area contributed by atoms with Crippen LogP contribution >= 0.6 is 0 Å². The SMILES string of the molecule is NCc1cccc(CNC(=O)c2ccn3c(NCc4ccccc4)c(-c4ccccc4)nc3c2)c1. The molecule has 0 saturated carbocycles. The van der Waals surface area contributed by atoms with Crippen molar-refractivity contribution in [2.24, 2.45) is 5.73 Å². The van der Waals surface area contributed by atoms with Crippen molar-refractivity contribution in [3.8, 4) is 11.3 Å². The zero-order valence-corrected chi connectivity index (χ0v) is 19.3. The predicted octanol–water partition coefficient (Wildman–Crippen LogP) is 5.00. The molecule has 2 aromatic heterocycles. The summed E-state index contributed by atoms with van der Waals surface area (Å²) in [4.78, 5) is 17.8. The number of benzene rings is 3. The summed E-state index contributed by atoms with van der Waals surface area (Å²) >= 11 is 0. The number of anilines is 1. The summed E-state index contributed by atoms with van der Waals surface area (Å²) in [6.45, 7) is 1.58. The molecule has 5 aromatic rings. The van der Waals surface area contributed by atoms with E-state index in [0.29, 0.717) is 30.8 Å². The van der Waals surface area contributed by atoms with Crippen molar-refractivity contribution in [1.29, 1.82) is 0 Å². The molecule has 0 bridgehead atoms. The summed E-state index contributed by atoms with van der Waals surface area (Å²) in [5.41, 5.74) is 12.1. The molecule has 0 aliphatic rings. The number of hydrogen-bond acceptors (Lipinski definition) is 4. The first-order valence-electron chi connectivity index (χ1n) is 11.6. The number of nitrogens with two attached hydrogens (primary N) is 1. The molecule has 3 aromatic carbocycles. The minimum atomic E-state index is -0.145. The molecule has 0 fully saturated rings.